The van der Waals surface area contributed by atoms with Crippen LogP contribution in [0.15, 0.2) is 24.3 Å². The van der Waals surface area contributed by atoms with Gasteiger partial charge in [-0.05, 0) is 38.2 Å². The molecule has 2 aliphatic rings. The van der Waals surface area contributed by atoms with Gasteiger partial charge in [0.1, 0.15) is 5.82 Å². The van der Waals surface area contributed by atoms with Crippen LogP contribution in [-0.2, 0) is 9.53 Å². The highest BCUT2D eigenvalue weighted by molar-refractivity contribution is 5.76. The van der Waals surface area contributed by atoms with Gasteiger partial charge in [-0.2, -0.15) is 0 Å². The number of nitrogens with zero attached hydrogens (tertiary/aromatic N) is 2. The zero-order valence-corrected chi connectivity index (χ0v) is 15.1. The molecule has 0 saturated carbocycles. The molecular formula is C20H29FN2O2. The number of carbonyl (C=O) groups excluding carboxylic acids is 1. The summed E-state index contributed by atoms with van der Waals surface area (Å²) in [5.41, 5.74) is 0.736. The number of hydrogen-bond acceptors (Lipinski definition) is 3. The molecule has 1 amide bonds. The van der Waals surface area contributed by atoms with E-state index in [1.54, 1.807) is 6.07 Å². The average molecular weight is 348 g/mol. The van der Waals surface area contributed by atoms with Gasteiger partial charge in [-0.1, -0.05) is 18.2 Å². The van der Waals surface area contributed by atoms with Crippen molar-refractivity contribution >= 4 is 5.91 Å². The molecular weight excluding hydrogens is 319 g/mol. The van der Waals surface area contributed by atoms with Crippen molar-refractivity contribution in [1.29, 1.82) is 0 Å². The van der Waals surface area contributed by atoms with E-state index in [4.69, 9.17) is 4.74 Å². The Labute approximate surface area is 149 Å². The fourth-order valence-corrected chi connectivity index (χ4v) is 3.89. The monoisotopic (exact) mass is 348 g/mol. The lowest BCUT2D eigenvalue weighted by atomic mass is 9.96. The van der Waals surface area contributed by atoms with Gasteiger partial charge in [-0.15, -0.1) is 0 Å². The number of benzene rings is 1. The van der Waals surface area contributed by atoms with E-state index < -0.39 is 0 Å². The minimum atomic E-state index is -0.150. The third kappa shape index (κ3) is 4.79. The number of halogens is 1. The van der Waals surface area contributed by atoms with Gasteiger partial charge >= 0.3 is 0 Å². The van der Waals surface area contributed by atoms with E-state index >= 15 is 0 Å². The van der Waals surface area contributed by atoms with Gasteiger partial charge in [-0.25, -0.2) is 4.39 Å². The summed E-state index contributed by atoms with van der Waals surface area (Å²) >= 11 is 0. The smallest absolute Gasteiger partial charge is 0.222 e. The SMILES string of the molecule is C[C@H](c1ccccc1F)N1CCN(C(=O)CC[C@@H]2CCCOC2)CC1. The second kappa shape index (κ2) is 8.77. The molecule has 0 aliphatic carbocycles. The van der Waals surface area contributed by atoms with Crippen LogP contribution in [0.2, 0.25) is 0 Å². The van der Waals surface area contributed by atoms with Crippen LogP contribution in [0.5, 0.6) is 0 Å². The molecule has 1 aromatic carbocycles. The molecule has 2 aliphatic heterocycles. The first kappa shape index (κ1) is 18.3. The lowest BCUT2D eigenvalue weighted by molar-refractivity contribution is -0.133. The highest BCUT2D eigenvalue weighted by Crippen LogP contribution is 2.24. The first-order valence-electron chi connectivity index (χ1n) is 9.49. The van der Waals surface area contributed by atoms with Crippen LogP contribution in [0, 0.1) is 11.7 Å². The fourth-order valence-electron chi connectivity index (χ4n) is 3.89. The van der Waals surface area contributed by atoms with Crippen molar-refractivity contribution in [3.63, 3.8) is 0 Å². The van der Waals surface area contributed by atoms with Crippen LogP contribution in [0.1, 0.15) is 44.2 Å². The van der Waals surface area contributed by atoms with Gasteiger partial charge < -0.3 is 9.64 Å². The molecule has 25 heavy (non-hydrogen) atoms. The molecule has 0 unspecified atom stereocenters. The number of piperazine rings is 1. The quantitative estimate of drug-likeness (QED) is 0.819. The molecule has 4 nitrogen and oxygen atoms in total. The summed E-state index contributed by atoms with van der Waals surface area (Å²) in [5, 5.41) is 0. The Kier molecular flexibility index (Phi) is 6.43. The van der Waals surface area contributed by atoms with E-state index in [0.717, 1.165) is 57.8 Å². The molecule has 138 valence electrons. The molecule has 1 aromatic rings. The van der Waals surface area contributed by atoms with Crippen molar-refractivity contribution in [3.8, 4) is 0 Å². The second-order valence-electron chi connectivity index (χ2n) is 7.24. The molecule has 5 heteroatoms. The molecule has 0 bridgehead atoms. The zero-order chi connectivity index (χ0) is 17.6. The van der Waals surface area contributed by atoms with E-state index in [0.29, 0.717) is 12.3 Å². The van der Waals surface area contributed by atoms with Crippen molar-refractivity contribution in [2.45, 2.75) is 38.6 Å². The Bertz CT molecular complexity index is 567. The predicted octanol–water partition coefficient (Wildman–Crippen LogP) is 3.24. The van der Waals surface area contributed by atoms with E-state index in [1.165, 1.54) is 12.5 Å². The third-order valence-electron chi connectivity index (χ3n) is 5.59. The Balaban J connectivity index is 1.44. The molecule has 2 atom stereocenters. The van der Waals surface area contributed by atoms with Gasteiger partial charge in [0.25, 0.3) is 0 Å². The summed E-state index contributed by atoms with van der Waals surface area (Å²) in [4.78, 5) is 16.7. The average Bonchev–Trinajstić information content (AvgIpc) is 2.67. The van der Waals surface area contributed by atoms with Crippen LogP contribution in [0.4, 0.5) is 4.39 Å². The Morgan fingerprint density at radius 1 is 1.28 bits per heavy atom. The maximum absolute atomic E-state index is 14.0. The van der Waals surface area contributed by atoms with Gasteiger partial charge in [0.15, 0.2) is 0 Å². The standard InChI is InChI=1S/C20H29FN2O2/c1-16(18-6-2-3-7-19(18)21)22-10-12-23(13-11-22)20(24)9-8-17-5-4-14-25-15-17/h2-3,6-7,16-17H,4-5,8-15H2,1H3/t16-,17+/m1/s1. The Morgan fingerprint density at radius 2 is 2.04 bits per heavy atom. The number of hydrogen-bond donors (Lipinski definition) is 0. The van der Waals surface area contributed by atoms with Gasteiger partial charge in [0.2, 0.25) is 5.91 Å². The minimum Gasteiger partial charge on any atom is -0.381 e. The zero-order valence-electron chi connectivity index (χ0n) is 15.1. The van der Waals surface area contributed by atoms with Gasteiger partial charge in [0, 0.05) is 57.4 Å². The van der Waals surface area contributed by atoms with Crippen molar-refractivity contribution in [1.82, 2.24) is 9.80 Å². The minimum absolute atomic E-state index is 0.0397. The third-order valence-corrected chi connectivity index (χ3v) is 5.59. The largest absolute Gasteiger partial charge is 0.381 e. The fraction of sp³-hybridized carbons (Fsp3) is 0.650. The second-order valence-corrected chi connectivity index (χ2v) is 7.24. The van der Waals surface area contributed by atoms with Crippen molar-refractivity contribution in [2.75, 3.05) is 39.4 Å². The summed E-state index contributed by atoms with van der Waals surface area (Å²) < 4.78 is 19.5. The highest BCUT2D eigenvalue weighted by atomic mass is 19.1. The summed E-state index contributed by atoms with van der Waals surface area (Å²) in [7, 11) is 0. The summed E-state index contributed by atoms with van der Waals surface area (Å²) in [5.74, 6) is 0.645. The summed E-state index contributed by atoms with van der Waals surface area (Å²) in [6.45, 7) is 6.78. The Morgan fingerprint density at radius 3 is 2.72 bits per heavy atom. The van der Waals surface area contributed by atoms with E-state index in [1.807, 2.05) is 24.0 Å². The van der Waals surface area contributed by atoms with Crippen molar-refractivity contribution in [2.24, 2.45) is 5.92 Å². The number of ether oxygens (including phenoxy) is 1. The highest BCUT2D eigenvalue weighted by Gasteiger charge is 2.26. The predicted molar refractivity (Wildman–Crippen MR) is 95.7 cm³/mol. The van der Waals surface area contributed by atoms with Gasteiger partial charge in [0.05, 0.1) is 0 Å². The van der Waals surface area contributed by atoms with E-state index in [-0.39, 0.29) is 17.8 Å². The van der Waals surface area contributed by atoms with E-state index in [9.17, 15) is 9.18 Å². The Hall–Kier alpha value is -1.46. The molecule has 2 saturated heterocycles. The first-order valence-corrected chi connectivity index (χ1v) is 9.49. The molecule has 2 fully saturated rings. The lowest BCUT2D eigenvalue weighted by Crippen LogP contribution is -2.49. The molecule has 3 rings (SSSR count). The summed E-state index contributed by atoms with van der Waals surface area (Å²) in [6, 6.07) is 7.01. The van der Waals surface area contributed by atoms with Crippen LogP contribution in [-0.4, -0.2) is 55.1 Å². The van der Waals surface area contributed by atoms with Gasteiger partial charge in [-0.3, -0.25) is 9.69 Å². The topological polar surface area (TPSA) is 32.8 Å². The van der Waals surface area contributed by atoms with Crippen LogP contribution in [0.25, 0.3) is 0 Å². The van der Waals surface area contributed by atoms with Crippen molar-refractivity contribution in [3.05, 3.63) is 35.6 Å². The summed E-state index contributed by atoms with van der Waals surface area (Å²) in [6.07, 6.45) is 3.86. The lowest BCUT2D eigenvalue weighted by Gasteiger charge is -2.38. The van der Waals surface area contributed by atoms with Crippen LogP contribution >= 0.6 is 0 Å². The van der Waals surface area contributed by atoms with Crippen LogP contribution in [0.3, 0.4) is 0 Å². The number of carbonyl (C=O) groups is 1. The molecule has 0 aromatic heterocycles. The van der Waals surface area contributed by atoms with E-state index in [2.05, 4.69) is 4.90 Å². The molecule has 0 radical (unpaired) electrons. The molecule has 0 N–H and O–H groups in total. The maximum Gasteiger partial charge on any atom is 0.222 e. The normalized spacial score (nSPS) is 23.4. The molecule has 0 spiro atoms. The first-order chi connectivity index (χ1) is 12.1. The van der Waals surface area contributed by atoms with Crippen LogP contribution < -0.4 is 0 Å². The maximum atomic E-state index is 14.0. The molecule has 2 heterocycles. The number of amides is 1. The van der Waals surface area contributed by atoms with Crippen molar-refractivity contribution < 1.29 is 13.9 Å². The number of rotatable bonds is 5.